The van der Waals surface area contributed by atoms with Gasteiger partial charge in [0.25, 0.3) is 0 Å². The van der Waals surface area contributed by atoms with Gasteiger partial charge in [0.05, 0.1) is 0 Å². The molecule has 0 aliphatic carbocycles. The van der Waals surface area contributed by atoms with E-state index in [9.17, 15) is 0 Å². The van der Waals surface area contributed by atoms with Crippen LogP contribution in [0.5, 0.6) is 0 Å². The van der Waals surface area contributed by atoms with E-state index in [1.54, 1.807) is 0 Å². The van der Waals surface area contributed by atoms with Crippen LogP contribution < -0.4 is 0 Å². The van der Waals surface area contributed by atoms with Crippen LogP contribution in [0, 0.1) is 10.5 Å². The summed E-state index contributed by atoms with van der Waals surface area (Å²) < 4.78 is 1.24. The Kier molecular flexibility index (Phi) is 3.32. The summed E-state index contributed by atoms with van der Waals surface area (Å²) in [5.74, 6) is 0. The van der Waals surface area contributed by atoms with Gasteiger partial charge in [0.15, 0.2) is 0 Å². The van der Waals surface area contributed by atoms with Crippen LogP contribution in [-0.4, -0.2) is 0 Å². The molecule has 0 nitrogen and oxygen atoms in total. The van der Waals surface area contributed by atoms with E-state index in [-0.39, 0.29) is 0 Å². The van der Waals surface area contributed by atoms with Gasteiger partial charge in [-0.3, -0.25) is 0 Å². The average Bonchev–Trinajstić information content (AvgIpc) is 2.20. The average molecular weight is 329 g/mol. The van der Waals surface area contributed by atoms with Gasteiger partial charge in [-0.05, 0) is 47.2 Å². The molecule has 0 unspecified atom stereocenters. The first kappa shape index (κ1) is 11.0. The lowest BCUT2D eigenvalue weighted by Crippen LogP contribution is -1.85. The van der Waals surface area contributed by atoms with Crippen LogP contribution in [0.25, 0.3) is 11.1 Å². The predicted octanol–water partition coefficient (Wildman–Crippen LogP) is 4.92. The van der Waals surface area contributed by atoms with Crippen LogP contribution in [0.4, 0.5) is 0 Å². The highest BCUT2D eigenvalue weighted by Gasteiger charge is 2.05. The molecule has 2 aromatic carbocycles. The van der Waals surface area contributed by atoms with Gasteiger partial charge in [-0.2, -0.15) is 0 Å². The van der Waals surface area contributed by atoms with Gasteiger partial charge in [0.2, 0.25) is 0 Å². The Hall–Kier alpha value is -0.540. The molecule has 0 saturated heterocycles. The van der Waals surface area contributed by atoms with E-state index in [2.05, 4.69) is 53.8 Å². The molecule has 0 N–H and O–H groups in total. The molecule has 0 spiro atoms. The SMILES string of the molecule is Cc1ccc(-c2ccccc2Cl)c(I)c1. The van der Waals surface area contributed by atoms with E-state index in [4.69, 9.17) is 11.6 Å². The molecule has 0 fully saturated rings. The molecule has 0 atom stereocenters. The molecule has 0 bridgehead atoms. The van der Waals surface area contributed by atoms with Gasteiger partial charge >= 0.3 is 0 Å². The topological polar surface area (TPSA) is 0 Å². The number of halogens is 2. The maximum absolute atomic E-state index is 6.17. The summed E-state index contributed by atoms with van der Waals surface area (Å²) in [4.78, 5) is 0. The summed E-state index contributed by atoms with van der Waals surface area (Å²) in [6.07, 6.45) is 0. The Bertz CT molecular complexity index is 492. The van der Waals surface area contributed by atoms with Crippen LogP contribution in [0.2, 0.25) is 5.02 Å². The minimum absolute atomic E-state index is 0.805. The highest BCUT2D eigenvalue weighted by molar-refractivity contribution is 14.1. The lowest BCUT2D eigenvalue weighted by molar-refractivity contribution is 1.44. The van der Waals surface area contributed by atoms with Crippen molar-refractivity contribution >= 4 is 34.2 Å². The lowest BCUT2D eigenvalue weighted by atomic mass is 10.0. The Balaban J connectivity index is 2.60. The summed E-state index contributed by atoms with van der Waals surface area (Å²) in [5, 5.41) is 0.805. The van der Waals surface area contributed by atoms with Gasteiger partial charge in [0, 0.05) is 14.2 Å². The predicted molar refractivity (Wildman–Crippen MR) is 74.3 cm³/mol. The maximum atomic E-state index is 6.17. The van der Waals surface area contributed by atoms with Crippen LogP contribution in [-0.2, 0) is 0 Å². The molecule has 0 aromatic heterocycles. The molecule has 2 rings (SSSR count). The zero-order valence-electron chi connectivity index (χ0n) is 8.30. The fourth-order valence-corrected chi connectivity index (χ4v) is 2.72. The van der Waals surface area contributed by atoms with Crippen molar-refractivity contribution < 1.29 is 0 Å². The van der Waals surface area contributed by atoms with Crippen molar-refractivity contribution in [1.29, 1.82) is 0 Å². The van der Waals surface area contributed by atoms with E-state index in [1.165, 1.54) is 14.7 Å². The first-order valence-electron chi connectivity index (χ1n) is 4.69. The Morgan fingerprint density at radius 2 is 1.73 bits per heavy atom. The summed E-state index contributed by atoms with van der Waals surface area (Å²) >= 11 is 8.51. The van der Waals surface area contributed by atoms with Gasteiger partial charge < -0.3 is 0 Å². The van der Waals surface area contributed by atoms with Crippen molar-refractivity contribution in [3.63, 3.8) is 0 Å². The van der Waals surface area contributed by atoms with Gasteiger partial charge in [-0.25, -0.2) is 0 Å². The molecular weight excluding hydrogens is 318 g/mol. The van der Waals surface area contributed by atoms with Crippen LogP contribution >= 0.6 is 34.2 Å². The molecule has 0 radical (unpaired) electrons. The molecular formula is C13H10ClI. The largest absolute Gasteiger partial charge is 0.0837 e. The van der Waals surface area contributed by atoms with Crippen molar-refractivity contribution in [2.45, 2.75) is 6.92 Å². The number of benzene rings is 2. The zero-order valence-corrected chi connectivity index (χ0v) is 11.2. The van der Waals surface area contributed by atoms with Crippen LogP contribution in [0.1, 0.15) is 5.56 Å². The van der Waals surface area contributed by atoms with Crippen molar-refractivity contribution in [3.8, 4) is 11.1 Å². The van der Waals surface area contributed by atoms with Crippen LogP contribution in [0.3, 0.4) is 0 Å². The van der Waals surface area contributed by atoms with Crippen LogP contribution in [0.15, 0.2) is 42.5 Å². The van der Waals surface area contributed by atoms with E-state index in [0.29, 0.717) is 0 Å². The summed E-state index contributed by atoms with van der Waals surface area (Å²) in [7, 11) is 0. The normalized spacial score (nSPS) is 10.3. The standard InChI is InChI=1S/C13H10ClI/c1-9-6-7-11(13(15)8-9)10-4-2-3-5-12(10)14/h2-8H,1H3. The van der Waals surface area contributed by atoms with Gasteiger partial charge in [-0.15, -0.1) is 0 Å². The number of hydrogen-bond acceptors (Lipinski definition) is 0. The summed E-state index contributed by atoms with van der Waals surface area (Å²) in [6, 6.07) is 14.3. The van der Waals surface area contributed by atoms with Crippen molar-refractivity contribution in [1.82, 2.24) is 0 Å². The third-order valence-corrected chi connectivity index (χ3v) is 3.51. The fraction of sp³-hybridized carbons (Fsp3) is 0.0769. The Morgan fingerprint density at radius 3 is 2.40 bits per heavy atom. The number of hydrogen-bond donors (Lipinski definition) is 0. The van der Waals surface area contributed by atoms with E-state index in [0.717, 1.165) is 10.6 Å². The quantitative estimate of drug-likeness (QED) is 0.652. The van der Waals surface area contributed by atoms with E-state index >= 15 is 0 Å². The number of aryl methyl sites for hydroxylation is 1. The number of rotatable bonds is 1. The van der Waals surface area contributed by atoms with E-state index in [1.807, 2.05) is 18.2 Å². The molecule has 15 heavy (non-hydrogen) atoms. The molecule has 2 aromatic rings. The molecule has 2 heteroatoms. The lowest BCUT2D eigenvalue weighted by Gasteiger charge is -2.07. The third-order valence-electron chi connectivity index (χ3n) is 2.29. The fourth-order valence-electron chi connectivity index (χ4n) is 1.52. The van der Waals surface area contributed by atoms with Crippen molar-refractivity contribution in [2.24, 2.45) is 0 Å². The van der Waals surface area contributed by atoms with Gasteiger partial charge in [-0.1, -0.05) is 47.5 Å². The first-order valence-corrected chi connectivity index (χ1v) is 6.15. The highest BCUT2D eigenvalue weighted by Crippen LogP contribution is 2.31. The second-order valence-electron chi connectivity index (χ2n) is 3.46. The molecule has 0 amide bonds. The maximum Gasteiger partial charge on any atom is 0.0484 e. The zero-order chi connectivity index (χ0) is 10.8. The monoisotopic (exact) mass is 328 g/mol. The minimum Gasteiger partial charge on any atom is -0.0837 e. The molecule has 0 aliphatic rings. The summed E-state index contributed by atoms with van der Waals surface area (Å²) in [5.41, 5.74) is 3.57. The van der Waals surface area contributed by atoms with Gasteiger partial charge in [0.1, 0.15) is 0 Å². The summed E-state index contributed by atoms with van der Waals surface area (Å²) in [6.45, 7) is 2.10. The third kappa shape index (κ3) is 2.34. The highest BCUT2D eigenvalue weighted by atomic mass is 127. The minimum atomic E-state index is 0.805. The van der Waals surface area contributed by atoms with E-state index < -0.39 is 0 Å². The Morgan fingerprint density at radius 1 is 1.00 bits per heavy atom. The second-order valence-corrected chi connectivity index (χ2v) is 5.03. The molecule has 76 valence electrons. The molecule has 0 heterocycles. The second kappa shape index (κ2) is 4.54. The van der Waals surface area contributed by atoms with Crippen molar-refractivity contribution in [2.75, 3.05) is 0 Å². The smallest absolute Gasteiger partial charge is 0.0484 e. The molecule has 0 saturated carbocycles. The van der Waals surface area contributed by atoms with Crippen molar-refractivity contribution in [3.05, 3.63) is 56.6 Å². The molecule has 0 aliphatic heterocycles. The Labute approximate surface area is 108 Å². The first-order chi connectivity index (χ1) is 7.18.